The number of fused-ring (bicyclic) bond motifs is 1. The minimum absolute atomic E-state index is 0.223. The molecule has 1 aromatic rings. The maximum absolute atomic E-state index is 6.35. The summed E-state index contributed by atoms with van der Waals surface area (Å²) >= 11 is 6.35. The minimum atomic E-state index is 0.223. The van der Waals surface area contributed by atoms with Gasteiger partial charge in [-0.3, -0.25) is 0 Å². The molecule has 1 aromatic carbocycles. The van der Waals surface area contributed by atoms with E-state index in [0.29, 0.717) is 17.5 Å². The largest absolute Gasteiger partial charge is 0.492 e. The predicted octanol–water partition coefficient (Wildman–Crippen LogP) is 3.08. The second kappa shape index (κ2) is 6.24. The Hall–Kier alpha value is -1.26. The van der Waals surface area contributed by atoms with Gasteiger partial charge in [0.2, 0.25) is 0 Å². The van der Waals surface area contributed by atoms with E-state index in [4.69, 9.17) is 16.3 Å². The van der Waals surface area contributed by atoms with Gasteiger partial charge in [-0.25, -0.2) is 0 Å². The lowest BCUT2D eigenvalue weighted by molar-refractivity contribution is 0.272. The number of nitrogens with zero attached hydrogens (tertiary/aromatic N) is 2. The summed E-state index contributed by atoms with van der Waals surface area (Å²) in [7, 11) is 2.17. The number of hydrogen-bond acceptors (Lipinski definition) is 4. The molecule has 1 N–H and O–H groups in total. The smallest absolute Gasteiger partial charge is 0.137 e. The van der Waals surface area contributed by atoms with Crippen LogP contribution in [0.5, 0.6) is 5.75 Å². The molecule has 2 atom stereocenters. The molecule has 0 radical (unpaired) electrons. The van der Waals surface area contributed by atoms with E-state index in [-0.39, 0.29) is 6.04 Å². The monoisotopic (exact) mass is 307 g/mol. The second-order valence-electron chi connectivity index (χ2n) is 5.87. The van der Waals surface area contributed by atoms with Gasteiger partial charge in [0.15, 0.2) is 0 Å². The molecular formula is C16H22ClN3O. The molecule has 0 aliphatic carbocycles. The molecule has 0 bridgehead atoms. The molecule has 0 amide bonds. The van der Waals surface area contributed by atoms with Crippen LogP contribution in [0.3, 0.4) is 0 Å². The van der Waals surface area contributed by atoms with Gasteiger partial charge in [0.05, 0.1) is 17.7 Å². The second-order valence-corrected chi connectivity index (χ2v) is 6.27. The Morgan fingerprint density at radius 3 is 3.10 bits per heavy atom. The fraction of sp³-hybridized carbons (Fsp3) is 0.562. The Labute approximate surface area is 131 Å². The molecule has 2 aliphatic heterocycles. The summed E-state index contributed by atoms with van der Waals surface area (Å²) in [6.45, 7) is 4.92. The van der Waals surface area contributed by atoms with Gasteiger partial charge in [0.25, 0.3) is 0 Å². The standard InChI is InChI=1S/C16H22ClN3O/c1-3-8-21-15-5-4-11(9-13(15)17)16-12-10-20(2)7-6-14(12)18-19-16/h4-5,9,12,16,19H,3,6-8,10H2,1-2H3. The Morgan fingerprint density at radius 2 is 2.33 bits per heavy atom. The first-order valence-corrected chi connectivity index (χ1v) is 7.99. The average molecular weight is 308 g/mol. The van der Waals surface area contributed by atoms with E-state index in [1.54, 1.807) is 0 Å². The van der Waals surface area contributed by atoms with Crippen molar-refractivity contribution in [2.75, 3.05) is 26.7 Å². The summed E-state index contributed by atoms with van der Waals surface area (Å²) in [5.74, 6) is 1.21. The summed E-state index contributed by atoms with van der Waals surface area (Å²) in [5, 5.41) is 5.20. The van der Waals surface area contributed by atoms with Gasteiger partial charge in [-0.05, 0) is 31.2 Å². The SMILES string of the molecule is CCCOc1ccc(C2NN=C3CCN(C)CC32)cc1Cl. The van der Waals surface area contributed by atoms with Crippen LogP contribution in [0.4, 0.5) is 0 Å². The molecular weight excluding hydrogens is 286 g/mol. The number of rotatable bonds is 4. The van der Waals surface area contributed by atoms with Gasteiger partial charge in [0, 0.05) is 31.1 Å². The van der Waals surface area contributed by atoms with Crippen molar-refractivity contribution in [3.05, 3.63) is 28.8 Å². The highest BCUT2D eigenvalue weighted by Crippen LogP contribution is 2.35. The lowest BCUT2D eigenvalue weighted by atomic mass is 9.86. The van der Waals surface area contributed by atoms with Crippen LogP contribution in [0.1, 0.15) is 31.4 Å². The minimum Gasteiger partial charge on any atom is -0.492 e. The van der Waals surface area contributed by atoms with Crippen LogP contribution in [-0.2, 0) is 0 Å². The molecule has 1 fully saturated rings. The molecule has 2 heterocycles. The van der Waals surface area contributed by atoms with Gasteiger partial charge >= 0.3 is 0 Å². The molecule has 0 aromatic heterocycles. The Balaban J connectivity index is 1.77. The molecule has 5 heteroatoms. The van der Waals surface area contributed by atoms with E-state index in [9.17, 15) is 0 Å². The molecule has 114 valence electrons. The molecule has 3 rings (SSSR count). The Bertz CT molecular complexity index is 546. The summed E-state index contributed by atoms with van der Waals surface area (Å²) < 4.78 is 5.64. The lowest BCUT2D eigenvalue weighted by Crippen LogP contribution is -2.39. The third-order valence-corrected chi connectivity index (χ3v) is 4.51. The van der Waals surface area contributed by atoms with Crippen LogP contribution >= 0.6 is 11.6 Å². The summed E-state index contributed by atoms with van der Waals surface area (Å²) in [6.07, 6.45) is 2.03. The van der Waals surface area contributed by atoms with Crippen LogP contribution in [-0.4, -0.2) is 37.4 Å². The quantitative estimate of drug-likeness (QED) is 0.929. The van der Waals surface area contributed by atoms with Crippen LogP contribution in [0, 0.1) is 5.92 Å². The van der Waals surface area contributed by atoms with Crippen molar-refractivity contribution in [1.29, 1.82) is 0 Å². The highest BCUT2D eigenvalue weighted by molar-refractivity contribution is 6.32. The lowest BCUT2D eigenvalue weighted by Gasteiger charge is -2.31. The average Bonchev–Trinajstić information content (AvgIpc) is 2.89. The summed E-state index contributed by atoms with van der Waals surface area (Å²) in [6, 6.07) is 6.30. The highest BCUT2D eigenvalue weighted by atomic mass is 35.5. The van der Waals surface area contributed by atoms with Crippen molar-refractivity contribution >= 4 is 17.3 Å². The third kappa shape index (κ3) is 3.01. The number of likely N-dealkylation sites (tertiary alicyclic amines) is 1. The van der Waals surface area contributed by atoms with Gasteiger partial charge < -0.3 is 15.1 Å². The third-order valence-electron chi connectivity index (χ3n) is 4.21. The normalized spacial score (nSPS) is 25.2. The zero-order valence-electron chi connectivity index (χ0n) is 12.6. The molecule has 2 aliphatic rings. The van der Waals surface area contributed by atoms with Crippen molar-refractivity contribution in [3.8, 4) is 5.75 Å². The Kier molecular flexibility index (Phi) is 4.36. The van der Waals surface area contributed by atoms with Gasteiger partial charge in [0.1, 0.15) is 5.75 Å². The first-order valence-electron chi connectivity index (χ1n) is 7.61. The number of piperidine rings is 1. The molecule has 0 saturated carbocycles. The van der Waals surface area contributed by atoms with Crippen molar-refractivity contribution in [1.82, 2.24) is 10.3 Å². The van der Waals surface area contributed by atoms with Crippen LogP contribution in [0.2, 0.25) is 5.02 Å². The highest BCUT2D eigenvalue weighted by Gasteiger charge is 2.36. The number of hydrazone groups is 1. The van der Waals surface area contributed by atoms with Crippen LogP contribution in [0.25, 0.3) is 0 Å². The topological polar surface area (TPSA) is 36.9 Å². The maximum atomic E-state index is 6.35. The number of ether oxygens (including phenoxy) is 1. The van der Waals surface area contributed by atoms with Gasteiger partial charge in [-0.1, -0.05) is 24.6 Å². The number of halogens is 1. The van der Waals surface area contributed by atoms with Crippen LogP contribution in [0.15, 0.2) is 23.3 Å². The molecule has 21 heavy (non-hydrogen) atoms. The van der Waals surface area contributed by atoms with E-state index in [1.807, 2.05) is 12.1 Å². The van der Waals surface area contributed by atoms with E-state index in [2.05, 4.69) is 35.5 Å². The van der Waals surface area contributed by atoms with Gasteiger partial charge in [-0.15, -0.1) is 0 Å². The first-order chi connectivity index (χ1) is 10.2. The van der Waals surface area contributed by atoms with Crippen molar-refractivity contribution in [2.45, 2.75) is 25.8 Å². The summed E-state index contributed by atoms with van der Waals surface area (Å²) in [5.41, 5.74) is 5.76. The van der Waals surface area contributed by atoms with E-state index in [1.165, 1.54) is 11.3 Å². The number of benzene rings is 1. The molecule has 1 saturated heterocycles. The number of nitrogens with one attached hydrogen (secondary N) is 1. The summed E-state index contributed by atoms with van der Waals surface area (Å²) in [4.78, 5) is 2.37. The maximum Gasteiger partial charge on any atom is 0.137 e. The van der Waals surface area contributed by atoms with Crippen molar-refractivity contribution in [3.63, 3.8) is 0 Å². The number of hydrogen-bond donors (Lipinski definition) is 1. The molecule has 0 spiro atoms. The van der Waals surface area contributed by atoms with E-state index < -0.39 is 0 Å². The van der Waals surface area contributed by atoms with Crippen molar-refractivity contribution in [2.24, 2.45) is 11.0 Å². The van der Waals surface area contributed by atoms with Crippen molar-refractivity contribution < 1.29 is 4.74 Å². The van der Waals surface area contributed by atoms with Gasteiger partial charge in [-0.2, -0.15) is 5.10 Å². The first kappa shape index (κ1) is 14.7. The van der Waals surface area contributed by atoms with Crippen LogP contribution < -0.4 is 10.2 Å². The zero-order valence-corrected chi connectivity index (χ0v) is 13.4. The van der Waals surface area contributed by atoms with E-state index in [0.717, 1.165) is 31.7 Å². The predicted molar refractivity (Wildman–Crippen MR) is 86.2 cm³/mol. The molecule has 4 nitrogen and oxygen atoms in total. The van der Waals surface area contributed by atoms with E-state index >= 15 is 0 Å². The molecule has 2 unspecified atom stereocenters. The Morgan fingerprint density at radius 1 is 1.48 bits per heavy atom. The zero-order chi connectivity index (χ0) is 14.8. The fourth-order valence-electron chi connectivity index (χ4n) is 3.05. The fourth-order valence-corrected chi connectivity index (χ4v) is 3.29.